The van der Waals surface area contributed by atoms with Crippen LogP contribution in [0.5, 0.6) is 0 Å². The van der Waals surface area contributed by atoms with Crippen molar-refractivity contribution in [3.05, 3.63) is 0 Å². The summed E-state index contributed by atoms with van der Waals surface area (Å²) in [7, 11) is 4.57. The molecule has 92 valence electrons. The van der Waals surface area contributed by atoms with Gasteiger partial charge in [0.25, 0.3) is 0 Å². The molecule has 1 fully saturated rings. The second kappa shape index (κ2) is 9.07. The van der Waals surface area contributed by atoms with Gasteiger partial charge in [-0.1, -0.05) is 6.42 Å². The fourth-order valence-electron chi connectivity index (χ4n) is 1.82. The fourth-order valence-corrected chi connectivity index (χ4v) is 1.82. The third kappa shape index (κ3) is 6.07. The molecule has 0 aromatic carbocycles. The SMILES string of the molecule is CF.CN(C)C(CO)CN1CCCCC1. The standard InChI is InChI=1S/C10H22N2O.CH3F/c1-11(2)10(9-13)8-12-6-4-3-5-7-12;1-2/h10,13H,3-9H2,1-2H3;1H3. The molecule has 0 aromatic rings. The van der Waals surface area contributed by atoms with Crippen LogP contribution in [0, 0.1) is 0 Å². The molecule has 0 saturated carbocycles. The van der Waals surface area contributed by atoms with Crippen molar-refractivity contribution in [1.82, 2.24) is 9.80 Å². The lowest BCUT2D eigenvalue weighted by Crippen LogP contribution is -2.44. The highest BCUT2D eigenvalue weighted by molar-refractivity contribution is 4.73. The molecule has 0 radical (unpaired) electrons. The number of likely N-dealkylation sites (tertiary alicyclic amines) is 1. The van der Waals surface area contributed by atoms with Crippen molar-refractivity contribution in [2.75, 3.05) is 47.5 Å². The van der Waals surface area contributed by atoms with Crippen molar-refractivity contribution in [3.63, 3.8) is 0 Å². The summed E-state index contributed by atoms with van der Waals surface area (Å²) in [5, 5.41) is 9.16. The van der Waals surface area contributed by atoms with Gasteiger partial charge in [-0.25, -0.2) is 0 Å². The molecule has 3 nitrogen and oxygen atoms in total. The summed E-state index contributed by atoms with van der Waals surface area (Å²) in [4.78, 5) is 4.57. The van der Waals surface area contributed by atoms with E-state index >= 15 is 0 Å². The number of aliphatic hydroxyl groups excluding tert-OH is 1. The summed E-state index contributed by atoms with van der Waals surface area (Å²) in [6.45, 7) is 3.71. The molecule has 0 bridgehead atoms. The predicted octanol–water partition coefficient (Wildman–Crippen LogP) is 0.980. The number of rotatable bonds is 4. The largest absolute Gasteiger partial charge is 0.395 e. The Morgan fingerprint density at radius 2 is 1.73 bits per heavy atom. The van der Waals surface area contributed by atoms with E-state index in [-0.39, 0.29) is 6.61 Å². The first-order valence-corrected chi connectivity index (χ1v) is 5.61. The zero-order chi connectivity index (χ0) is 11.7. The van der Waals surface area contributed by atoms with Crippen LogP contribution in [-0.2, 0) is 0 Å². The summed E-state index contributed by atoms with van der Waals surface area (Å²) in [6, 6.07) is 0.304. The Balaban J connectivity index is 0.000000921. The van der Waals surface area contributed by atoms with Crippen LogP contribution in [-0.4, -0.2) is 68.5 Å². The summed E-state index contributed by atoms with van der Waals surface area (Å²) < 4.78 is 9.50. The maximum absolute atomic E-state index is 9.50. The van der Waals surface area contributed by atoms with E-state index in [9.17, 15) is 4.39 Å². The van der Waals surface area contributed by atoms with Crippen LogP contribution < -0.4 is 0 Å². The van der Waals surface area contributed by atoms with Gasteiger partial charge in [0.05, 0.1) is 13.8 Å². The van der Waals surface area contributed by atoms with E-state index in [4.69, 9.17) is 5.11 Å². The molecule has 0 aliphatic carbocycles. The highest BCUT2D eigenvalue weighted by atomic mass is 19.1. The van der Waals surface area contributed by atoms with Crippen LogP contribution in [0.15, 0.2) is 0 Å². The second-order valence-corrected chi connectivity index (χ2v) is 4.16. The van der Waals surface area contributed by atoms with Gasteiger partial charge in [0.15, 0.2) is 0 Å². The number of halogens is 1. The van der Waals surface area contributed by atoms with Crippen LogP contribution in [0.3, 0.4) is 0 Å². The zero-order valence-electron chi connectivity index (χ0n) is 10.2. The Morgan fingerprint density at radius 1 is 1.20 bits per heavy atom. The molecule has 0 spiro atoms. The summed E-state index contributed by atoms with van der Waals surface area (Å²) in [5.74, 6) is 0. The van der Waals surface area contributed by atoms with Crippen LogP contribution in [0.4, 0.5) is 4.39 Å². The van der Waals surface area contributed by atoms with Gasteiger partial charge in [-0.2, -0.15) is 0 Å². The normalized spacial score (nSPS) is 19.6. The smallest absolute Gasteiger partial charge is 0.0785 e. The first kappa shape index (κ1) is 14.8. The minimum absolute atomic E-state index is 0.267. The van der Waals surface area contributed by atoms with E-state index in [1.54, 1.807) is 0 Å². The third-order valence-corrected chi connectivity index (χ3v) is 2.86. The number of likely N-dealkylation sites (N-methyl/N-ethyl adjacent to an activating group) is 1. The summed E-state index contributed by atoms with van der Waals surface area (Å²) >= 11 is 0. The lowest BCUT2D eigenvalue weighted by molar-refractivity contribution is 0.111. The van der Waals surface area contributed by atoms with Crippen molar-refractivity contribution >= 4 is 0 Å². The van der Waals surface area contributed by atoms with E-state index < -0.39 is 0 Å². The zero-order valence-corrected chi connectivity index (χ0v) is 10.2. The van der Waals surface area contributed by atoms with Crippen molar-refractivity contribution in [1.29, 1.82) is 0 Å². The van der Waals surface area contributed by atoms with Gasteiger partial charge < -0.3 is 14.9 Å². The van der Waals surface area contributed by atoms with Gasteiger partial charge in [-0.15, -0.1) is 0 Å². The Bertz CT molecular complexity index is 139. The molecule has 1 unspecified atom stereocenters. The molecule has 1 aliphatic rings. The maximum atomic E-state index is 9.50. The minimum Gasteiger partial charge on any atom is -0.395 e. The van der Waals surface area contributed by atoms with Gasteiger partial charge >= 0.3 is 0 Å². The average Bonchev–Trinajstić information content (AvgIpc) is 2.29. The number of piperidine rings is 1. The van der Waals surface area contributed by atoms with Gasteiger partial charge in [0.2, 0.25) is 0 Å². The minimum atomic E-state index is 0.267. The van der Waals surface area contributed by atoms with Crippen molar-refractivity contribution in [3.8, 4) is 0 Å². The topological polar surface area (TPSA) is 26.7 Å². The first-order chi connectivity index (χ1) is 7.24. The second-order valence-electron chi connectivity index (χ2n) is 4.16. The number of hydrogen-bond donors (Lipinski definition) is 1. The Labute approximate surface area is 92.9 Å². The lowest BCUT2D eigenvalue weighted by Gasteiger charge is -2.32. The van der Waals surface area contributed by atoms with Crippen LogP contribution in [0.2, 0.25) is 0 Å². The molecule has 1 N–H and O–H groups in total. The number of nitrogens with zero attached hydrogens (tertiary/aromatic N) is 2. The molecule has 1 atom stereocenters. The van der Waals surface area contributed by atoms with Crippen LogP contribution >= 0.6 is 0 Å². The monoisotopic (exact) mass is 220 g/mol. The Hall–Kier alpha value is -0.190. The number of aliphatic hydroxyl groups is 1. The highest BCUT2D eigenvalue weighted by Gasteiger charge is 2.16. The number of hydrogen-bond acceptors (Lipinski definition) is 3. The molecular weight excluding hydrogens is 195 g/mol. The lowest BCUT2D eigenvalue weighted by atomic mass is 10.1. The van der Waals surface area contributed by atoms with E-state index in [0.717, 1.165) is 6.54 Å². The van der Waals surface area contributed by atoms with Crippen LogP contribution in [0.1, 0.15) is 19.3 Å². The first-order valence-electron chi connectivity index (χ1n) is 5.61. The van der Waals surface area contributed by atoms with Crippen molar-refractivity contribution in [2.45, 2.75) is 25.3 Å². The van der Waals surface area contributed by atoms with E-state index in [1.807, 2.05) is 14.1 Å². The molecule has 1 heterocycles. The predicted molar refractivity (Wildman–Crippen MR) is 61.9 cm³/mol. The quantitative estimate of drug-likeness (QED) is 0.765. The van der Waals surface area contributed by atoms with E-state index in [1.165, 1.54) is 32.4 Å². The Morgan fingerprint density at radius 3 is 2.13 bits per heavy atom. The molecule has 1 aliphatic heterocycles. The molecular formula is C11H25FN2O. The molecule has 1 saturated heterocycles. The molecule has 1 rings (SSSR count). The molecule has 4 heteroatoms. The van der Waals surface area contributed by atoms with Gasteiger partial charge in [0, 0.05) is 12.6 Å². The summed E-state index contributed by atoms with van der Waals surface area (Å²) in [6.07, 6.45) is 4.03. The fraction of sp³-hybridized carbons (Fsp3) is 1.00. The van der Waals surface area contributed by atoms with Gasteiger partial charge in [-0.05, 0) is 40.0 Å². The summed E-state index contributed by atoms with van der Waals surface area (Å²) in [5.41, 5.74) is 0. The van der Waals surface area contributed by atoms with Gasteiger partial charge in [-0.3, -0.25) is 4.39 Å². The third-order valence-electron chi connectivity index (χ3n) is 2.86. The van der Waals surface area contributed by atoms with Crippen LogP contribution in [0.25, 0.3) is 0 Å². The molecule has 0 aromatic heterocycles. The number of alkyl halides is 1. The van der Waals surface area contributed by atoms with Crippen molar-refractivity contribution < 1.29 is 9.50 Å². The van der Waals surface area contributed by atoms with Gasteiger partial charge in [0.1, 0.15) is 0 Å². The molecule has 0 amide bonds. The van der Waals surface area contributed by atoms with Crippen molar-refractivity contribution in [2.24, 2.45) is 0 Å². The highest BCUT2D eigenvalue weighted by Crippen LogP contribution is 2.09. The molecule has 15 heavy (non-hydrogen) atoms. The Kier molecular flexibility index (Phi) is 8.95. The average molecular weight is 220 g/mol. The van der Waals surface area contributed by atoms with E-state index in [2.05, 4.69) is 9.80 Å². The maximum Gasteiger partial charge on any atom is 0.0785 e. The van der Waals surface area contributed by atoms with E-state index in [0.29, 0.717) is 13.2 Å².